The molecule has 0 aromatic carbocycles. The van der Waals surface area contributed by atoms with Crippen LogP contribution >= 0.6 is 0 Å². The number of rotatable bonds is 3. The molecule has 0 aromatic rings. The van der Waals surface area contributed by atoms with E-state index in [1.165, 1.54) is 31.3 Å². The lowest BCUT2D eigenvalue weighted by Crippen LogP contribution is -2.11. The van der Waals surface area contributed by atoms with Crippen molar-refractivity contribution in [3.63, 3.8) is 0 Å². The summed E-state index contributed by atoms with van der Waals surface area (Å²) >= 11 is 0. The van der Waals surface area contributed by atoms with Crippen molar-refractivity contribution in [2.45, 2.75) is 52.4 Å². The number of aliphatic carboxylic acids is 1. The molecule has 1 rings (SSSR count). The van der Waals surface area contributed by atoms with Crippen molar-refractivity contribution >= 4 is 5.97 Å². The Hall–Kier alpha value is -0.790. The zero-order valence-corrected chi connectivity index (χ0v) is 9.18. The van der Waals surface area contributed by atoms with Crippen LogP contribution in [0.3, 0.4) is 0 Å². The summed E-state index contributed by atoms with van der Waals surface area (Å²) in [5.41, 5.74) is 1.75. The summed E-state index contributed by atoms with van der Waals surface area (Å²) < 4.78 is 0. The Morgan fingerprint density at radius 2 is 2.00 bits per heavy atom. The van der Waals surface area contributed by atoms with Crippen LogP contribution in [0.4, 0.5) is 0 Å². The number of carboxylic acids is 1. The molecule has 0 atom stereocenters. The summed E-state index contributed by atoms with van der Waals surface area (Å²) in [6.45, 7) is 3.95. The fourth-order valence-corrected chi connectivity index (χ4v) is 2.25. The number of hydrogen-bond acceptors (Lipinski definition) is 1. The molecule has 0 heterocycles. The van der Waals surface area contributed by atoms with Crippen LogP contribution in [0.15, 0.2) is 11.1 Å². The largest absolute Gasteiger partial charge is 0.478 e. The number of allylic oxidation sites excluding steroid dienone is 1. The SMILES string of the molecule is CCCC1CCC(=C(C)C(=O)O)CC1. The van der Waals surface area contributed by atoms with Gasteiger partial charge in [-0.1, -0.05) is 25.3 Å². The molecule has 1 fully saturated rings. The monoisotopic (exact) mass is 196 g/mol. The molecule has 0 bridgehead atoms. The van der Waals surface area contributed by atoms with Crippen LogP contribution in [-0.2, 0) is 4.79 Å². The molecule has 0 amide bonds. The predicted molar refractivity (Wildman–Crippen MR) is 57.2 cm³/mol. The molecule has 0 spiro atoms. The van der Waals surface area contributed by atoms with Crippen molar-refractivity contribution in [2.75, 3.05) is 0 Å². The van der Waals surface area contributed by atoms with Gasteiger partial charge in [0.2, 0.25) is 0 Å². The van der Waals surface area contributed by atoms with Gasteiger partial charge in [0.25, 0.3) is 0 Å². The lowest BCUT2D eigenvalue weighted by molar-refractivity contribution is -0.132. The lowest BCUT2D eigenvalue weighted by Gasteiger charge is -2.24. The van der Waals surface area contributed by atoms with Crippen LogP contribution in [0, 0.1) is 5.92 Å². The van der Waals surface area contributed by atoms with Gasteiger partial charge in [-0.25, -0.2) is 4.79 Å². The van der Waals surface area contributed by atoms with Crippen LogP contribution in [0.25, 0.3) is 0 Å². The molecule has 1 N–H and O–H groups in total. The maximum atomic E-state index is 10.7. The summed E-state index contributed by atoms with van der Waals surface area (Å²) in [7, 11) is 0. The molecule has 1 aliphatic carbocycles. The highest BCUT2D eigenvalue weighted by Gasteiger charge is 2.18. The van der Waals surface area contributed by atoms with Gasteiger partial charge in [-0.3, -0.25) is 0 Å². The second-order valence-electron chi connectivity index (χ2n) is 4.27. The maximum Gasteiger partial charge on any atom is 0.331 e. The fraction of sp³-hybridized carbons (Fsp3) is 0.750. The first-order valence-corrected chi connectivity index (χ1v) is 5.57. The van der Waals surface area contributed by atoms with Crippen LogP contribution in [0.2, 0.25) is 0 Å². The van der Waals surface area contributed by atoms with Crippen molar-refractivity contribution in [3.8, 4) is 0 Å². The quantitative estimate of drug-likeness (QED) is 0.702. The Balaban J connectivity index is 2.50. The molecule has 80 valence electrons. The van der Waals surface area contributed by atoms with Crippen LogP contribution in [0.1, 0.15) is 52.4 Å². The molecule has 2 nitrogen and oxygen atoms in total. The van der Waals surface area contributed by atoms with Crippen molar-refractivity contribution in [1.82, 2.24) is 0 Å². The Labute approximate surface area is 86.0 Å². The summed E-state index contributed by atoms with van der Waals surface area (Å²) in [6, 6.07) is 0. The van der Waals surface area contributed by atoms with Crippen molar-refractivity contribution in [2.24, 2.45) is 5.92 Å². The highest BCUT2D eigenvalue weighted by atomic mass is 16.4. The second-order valence-corrected chi connectivity index (χ2v) is 4.27. The van der Waals surface area contributed by atoms with Gasteiger partial charge in [-0.05, 0) is 38.5 Å². The average Bonchev–Trinajstić information content (AvgIpc) is 2.18. The van der Waals surface area contributed by atoms with Gasteiger partial charge in [0, 0.05) is 5.57 Å². The first-order valence-electron chi connectivity index (χ1n) is 5.57. The van der Waals surface area contributed by atoms with E-state index in [2.05, 4.69) is 6.92 Å². The third-order valence-corrected chi connectivity index (χ3v) is 3.26. The van der Waals surface area contributed by atoms with E-state index in [1.54, 1.807) is 6.92 Å². The topological polar surface area (TPSA) is 37.3 Å². The lowest BCUT2D eigenvalue weighted by atomic mass is 9.82. The Kier molecular flexibility index (Phi) is 4.18. The van der Waals surface area contributed by atoms with Gasteiger partial charge in [0.05, 0.1) is 0 Å². The summed E-state index contributed by atoms with van der Waals surface area (Å²) in [5.74, 6) is 0.0966. The molecule has 14 heavy (non-hydrogen) atoms. The van der Waals surface area contributed by atoms with Gasteiger partial charge >= 0.3 is 5.97 Å². The minimum Gasteiger partial charge on any atom is -0.478 e. The molecular formula is C12H20O2. The summed E-state index contributed by atoms with van der Waals surface area (Å²) in [4.78, 5) is 10.7. The Morgan fingerprint density at radius 1 is 1.43 bits per heavy atom. The van der Waals surface area contributed by atoms with E-state index >= 15 is 0 Å². The van der Waals surface area contributed by atoms with E-state index in [4.69, 9.17) is 5.11 Å². The van der Waals surface area contributed by atoms with Gasteiger partial charge in [-0.15, -0.1) is 0 Å². The van der Waals surface area contributed by atoms with Gasteiger partial charge in [-0.2, -0.15) is 0 Å². The molecule has 0 aromatic heterocycles. The second kappa shape index (κ2) is 5.18. The molecule has 0 saturated heterocycles. The predicted octanol–water partition coefficient (Wildman–Crippen LogP) is 3.38. The molecule has 0 aliphatic heterocycles. The van der Waals surface area contributed by atoms with Gasteiger partial charge in [0.15, 0.2) is 0 Å². The van der Waals surface area contributed by atoms with Crippen LogP contribution in [-0.4, -0.2) is 11.1 Å². The van der Waals surface area contributed by atoms with E-state index in [9.17, 15) is 4.79 Å². The average molecular weight is 196 g/mol. The zero-order chi connectivity index (χ0) is 10.6. The maximum absolute atomic E-state index is 10.7. The van der Waals surface area contributed by atoms with Crippen molar-refractivity contribution in [3.05, 3.63) is 11.1 Å². The number of carbonyl (C=O) groups is 1. The Morgan fingerprint density at radius 3 is 2.43 bits per heavy atom. The summed E-state index contributed by atoms with van der Waals surface area (Å²) in [5, 5.41) is 8.85. The van der Waals surface area contributed by atoms with Crippen LogP contribution in [0.5, 0.6) is 0 Å². The van der Waals surface area contributed by atoms with Gasteiger partial charge < -0.3 is 5.11 Å². The molecule has 2 heteroatoms. The van der Waals surface area contributed by atoms with Gasteiger partial charge in [0.1, 0.15) is 0 Å². The first kappa shape index (κ1) is 11.3. The third kappa shape index (κ3) is 2.86. The third-order valence-electron chi connectivity index (χ3n) is 3.26. The van der Waals surface area contributed by atoms with Crippen molar-refractivity contribution < 1.29 is 9.90 Å². The molecular weight excluding hydrogens is 176 g/mol. The smallest absolute Gasteiger partial charge is 0.331 e. The van der Waals surface area contributed by atoms with E-state index < -0.39 is 5.97 Å². The van der Waals surface area contributed by atoms with E-state index in [-0.39, 0.29) is 0 Å². The van der Waals surface area contributed by atoms with Crippen molar-refractivity contribution in [1.29, 1.82) is 0 Å². The minimum atomic E-state index is -0.742. The normalized spacial score (nSPS) is 22.1. The fourth-order valence-electron chi connectivity index (χ4n) is 2.25. The number of hydrogen-bond donors (Lipinski definition) is 1. The van der Waals surface area contributed by atoms with E-state index in [0.717, 1.165) is 18.8 Å². The highest BCUT2D eigenvalue weighted by molar-refractivity contribution is 5.86. The first-order chi connectivity index (χ1) is 6.65. The molecule has 0 radical (unpaired) electrons. The highest BCUT2D eigenvalue weighted by Crippen LogP contribution is 2.32. The molecule has 1 aliphatic rings. The zero-order valence-electron chi connectivity index (χ0n) is 9.18. The molecule has 1 saturated carbocycles. The minimum absolute atomic E-state index is 0.583. The standard InChI is InChI=1S/C12H20O2/c1-3-4-10-5-7-11(8-6-10)9(2)12(13)14/h10H,3-8H2,1-2H3,(H,13,14). The van der Waals surface area contributed by atoms with Crippen LogP contribution < -0.4 is 0 Å². The number of carboxylic acid groups (broad SMARTS) is 1. The Bertz CT molecular complexity index is 231. The summed E-state index contributed by atoms with van der Waals surface area (Å²) in [6.07, 6.45) is 6.94. The van der Waals surface area contributed by atoms with E-state index in [1.807, 2.05) is 0 Å². The molecule has 0 unspecified atom stereocenters. The van der Waals surface area contributed by atoms with E-state index in [0.29, 0.717) is 5.57 Å².